The summed E-state index contributed by atoms with van der Waals surface area (Å²) in [5.41, 5.74) is 1.35. The summed E-state index contributed by atoms with van der Waals surface area (Å²) < 4.78 is 0. The lowest BCUT2D eigenvalue weighted by atomic mass is 10.2. The van der Waals surface area contributed by atoms with Gasteiger partial charge < -0.3 is 5.32 Å². The SMILES string of the molecule is CCCNC(C)CCSc1cccc(C)c1. The van der Waals surface area contributed by atoms with Crippen LogP contribution in [-0.2, 0) is 0 Å². The Kier molecular flexibility index (Phi) is 6.58. The molecule has 2 heteroatoms. The van der Waals surface area contributed by atoms with Crippen LogP contribution in [0.1, 0.15) is 32.3 Å². The van der Waals surface area contributed by atoms with Crippen molar-refractivity contribution >= 4 is 11.8 Å². The second-order valence-electron chi connectivity index (χ2n) is 4.31. The van der Waals surface area contributed by atoms with E-state index in [1.807, 2.05) is 11.8 Å². The van der Waals surface area contributed by atoms with Gasteiger partial charge in [-0.15, -0.1) is 11.8 Å². The minimum absolute atomic E-state index is 0.636. The lowest BCUT2D eigenvalue weighted by Crippen LogP contribution is -2.27. The van der Waals surface area contributed by atoms with Crippen molar-refractivity contribution in [2.75, 3.05) is 12.3 Å². The van der Waals surface area contributed by atoms with Gasteiger partial charge in [0.15, 0.2) is 0 Å². The molecule has 0 saturated carbocycles. The van der Waals surface area contributed by atoms with Gasteiger partial charge in [0, 0.05) is 10.9 Å². The number of nitrogens with one attached hydrogen (secondary N) is 1. The average molecular weight is 237 g/mol. The molecule has 1 aromatic carbocycles. The minimum atomic E-state index is 0.636. The van der Waals surface area contributed by atoms with E-state index in [9.17, 15) is 0 Å². The van der Waals surface area contributed by atoms with E-state index in [0.29, 0.717) is 6.04 Å². The summed E-state index contributed by atoms with van der Waals surface area (Å²) in [7, 11) is 0. The predicted molar refractivity (Wildman–Crippen MR) is 74.3 cm³/mol. The van der Waals surface area contributed by atoms with Crippen molar-refractivity contribution in [1.82, 2.24) is 5.32 Å². The van der Waals surface area contributed by atoms with E-state index in [-0.39, 0.29) is 0 Å². The van der Waals surface area contributed by atoms with E-state index in [2.05, 4.69) is 50.4 Å². The van der Waals surface area contributed by atoms with Crippen LogP contribution in [0.5, 0.6) is 0 Å². The molecule has 0 amide bonds. The first-order valence-corrected chi connectivity index (χ1v) is 7.13. The Morgan fingerprint density at radius 3 is 2.88 bits per heavy atom. The summed E-state index contributed by atoms with van der Waals surface area (Å²) in [6.45, 7) is 7.76. The fourth-order valence-corrected chi connectivity index (χ4v) is 2.70. The molecule has 1 atom stereocenters. The van der Waals surface area contributed by atoms with Crippen LogP contribution in [-0.4, -0.2) is 18.3 Å². The number of hydrogen-bond acceptors (Lipinski definition) is 2. The Hall–Kier alpha value is -0.470. The highest BCUT2D eigenvalue weighted by Gasteiger charge is 2.00. The number of benzene rings is 1. The molecule has 0 radical (unpaired) electrons. The quantitative estimate of drug-likeness (QED) is 0.723. The van der Waals surface area contributed by atoms with Crippen LogP contribution >= 0.6 is 11.8 Å². The van der Waals surface area contributed by atoms with E-state index >= 15 is 0 Å². The van der Waals surface area contributed by atoms with Crippen molar-refractivity contribution in [3.05, 3.63) is 29.8 Å². The highest BCUT2D eigenvalue weighted by atomic mass is 32.2. The van der Waals surface area contributed by atoms with E-state index < -0.39 is 0 Å². The first kappa shape index (κ1) is 13.6. The molecule has 0 aliphatic rings. The number of thioether (sulfide) groups is 1. The van der Waals surface area contributed by atoms with Crippen molar-refractivity contribution in [1.29, 1.82) is 0 Å². The average Bonchev–Trinajstić information content (AvgIpc) is 2.26. The molecule has 1 unspecified atom stereocenters. The maximum Gasteiger partial charge on any atom is 0.00745 e. The highest BCUT2D eigenvalue weighted by Crippen LogP contribution is 2.20. The second kappa shape index (κ2) is 7.75. The van der Waals surface area contributed by atoms with Crippen molar-refractivity contribution in [3.63, 3.8) is 0 Å². The first-order valence-electron chi connectivity index (χ1n) is 6.15. The van der Waals surface area contributed by atoms with Crippen molar-refractivity contribution in [3.8, 4) is 0 Å². The second-order valence-corrected chi connectivity index (χ2v) is 5.48. The Balaban J connectivity index is 2.20. The van der Waals surface area contributed by atoms with Gasteiger partial charge in [0.05, 0.1) is 0 Å². The number of hydrogen-bond donors (Lipinski definition) is 1. The Labute approximate surface area is 104 Å². The third-order valence-electron chi connectivity index (χ3n) is 2.55. The molecule has 0 aliphatic heterocycles. The van der Waals surface area contributed by atoms with Gasteiger partial charge in [-0.2, -0.15) is 0 Å². The zero-order valence-corrected chi connectivity index (χ0v) is 11.4. The molecular formula is C14H23NS. The largest absolute Gasteiger partial charge is 0.314 e. The molecular weight excluding hydrogens is 214 g/mol. The molecule has 0 heterocycles. The Bertz CT molecular complexity index is 299. The van der Waals surface area contributed by atoms with E-state index in [1.165, 1.54) is 29.1 Å². The summed E-state index contributed by atoms with van der Waals surface area (Å²) in [5.74, 6) is 1.20. The van der Waals surface area contributed by atoms with E-state index in [0.717, 1.165) is 6.54 Å². The number of aryl methyl sites for hydroxylation is 1. The lowest BCUT2D eigenvalue weighted by molar-refractivity contribution is 0.536. The molecule has 0 spiro atoms. The monoisotopic (exact) mass is 237 g/mol. The molecule has 1 N–H and O–H groups in total. The van der Waals surface area contributed by atoms with Crippen molar-refractivity contribution in [2.24, 2.45) is 0 Å². The van der Waals surface area contributed by atoms with E-state index in [4.69, 9.17) is 0 Å². The van der Waals surface area contributed by atoms with Crippen LogP contribution in [0.3, 0.4) is 0 Å². The van der Waals surface area contributed by atoms with Gasteiger partial charge in [-0.25, -0.2) is 0 Å². The topological polar surface area (TPSA) is 12.0 Å². The van der Waals surface area contributed by atoms with Crippen LogP contribution in [0.25, 0.3) is 0 Å². The van der Waals surface area contributed by atoms with Gasteiger partial charge in [0.25, 0.3) is 0 Å². The molecule has 1 rings (SSSR count). The van der Waals surface area contributed by atoms with Gasteiger partial charge in [-0.1, -0.05) is 24.6 Å². The normalized spacial score (nSPS) is 12.7. The molecule has 16 heavy (non-hydrogen) atoms. The van der Waals surface area contributed by atoms with Gasteiger partial charge in [-0.3, -0.25) is 0 Å². The van der Waals surface area contributed by atoms with Gasteiger partial charge in [-0.05, 0) is 51.1 Å². The fourth-order valence-electron chi connectivity index (χ4n) is 1.55. The Morgan fingerprint density at radius 2 is 2.19 bits per heavy atom. The predicted octanol–water partition coefficient (Wildman–Crippen LogP) is 3.87. The standard InChI is InChI=1S/C14H23NS/c1-4-9-15-13(3)8-10-16-14-7-5-6-12(2)11-14/h5-7,11,13,15H,4,8-10H2,1-3H3. The van der Waals surface area contributed by atoms with Crippen LogP contribution in [0.2, 0.25) is 0 Å². The fraction of sp³-hybridized carbons (Fsp3) is 0.571. The zero-order chi connectivity index (χ0) is 11.8. The van der Waals surface area contributed by atoms with Crippen LogP contribution < -0.4 is 5.32 Å². The van der Waals surface area contributed by atoms with Crippen molar-refractivity contribution in [2.45, 2.75) is 44.6 Å². The molecule has 1 nitrogen and oxygen atoms in total. The van der Waals surface area contributed by atoms with E-state index in [1.54, 1.807) is 0 Å². The van der Waals surface area contributed by atoms with Crippen molar-refractivity contribution < 1.29 is 0 Å². The molecule has 90 valence electrons. The Morgan fingerprint density at radius 1 is 1.38 bits per heavy atom. The molecule has 0 saturated heterocycles. The summed E-state index contributed by atoms with van der Waals surface area (Å²) in [6, 6.07) is 9.37. The van der Waals surface area contributed by atoms with Crippen LogP contribution in [0, 0.1) is 6.92 Å². The molecule has 1 aromatic rings. The van der Waals surface area contributed by atoms with Crippen LogP contribution in [0.15, 0.2) is 29.2 Å². The molecule has 0 aromatic heterocycles. The summed E-state index contributed by atoms with van der Waals surface area (Å²) in [5, 5.41) is 3.52. The summed E-state index contributed by atoms with van der Waals surface area (Å²) in [6.07, 6.45) is 2.45. The molecule has 0 aliphatic carbocycles. The third kappa shape index (κ3) is 5.57. The number of rotatable bonds is 7. The highest BCUT2D eigenvalue weighted by molar-refractivity contribution is 7.99. The third-order valence-corrected chi connectivity index (χ3v) is 3.58. The molecule has 0 bridgehead atoms. The van der Waals surface area contributed by atoms with Gasteiger partial charge in [0.1, 0.15) is 0 Å². The maximum atomic E-state index is 3.52. The maximum absolute atomic E-state index is 3.52. The zero-order valence-electron chi connectivity index (χ0n) is 10.6. The lowest BCUT2D eigenvalue weighted by Gasteiger charge is -2.12. The smallest absolute Gasteiger partial charge is 0.00745 e. The minimum Gasteiger partial charge on any atom is -0.314 e. The summed E-state index contributed by atoms with van der Waals surface area (Å²) >= 11 is 1.96. The molecule has 0 fully saturated rings. The first-order chi connectivity index (χ1) is 7.72. The van der Waals surface area contributed by atoms with Gasteiger partial charge in [0.2, 0.25) is 0 Å². The summed E-state index contributed by atoms with van der Waals surface area (Å²) in [4.78, 5) is 1.39. The van der Waals surface area contributed by atoms with Crippen LogP contribution in [0.4, 0.5) is 0 Å². The van der Waals surface area contributed by atoms with Gasteiger partial charge >= 0.3 is 0 Å².